The maximum Gasteiger partial charge on any atom is 0.330 e. The van der Waals surface area contributed by atoms with Gasteiger partial charge in [-0.3, -0.25) is 4.79 Å². The van der Waals surface area contributed by atoms with Crippen molar-refractivity contribution < 1.29 is 47.6 Å². The highest BCUT2D eigenvalue weighted by Crippen LogP contribution is 2.10. The fraction of sp³-hybridized carbons (Fsp3) is 0.520. The lowest BCUT2D eigenvalue weighted by Crippen LogP contribution is -2.25. The normalized spacial score (nSPS) is 11.2. The Morgan fingerprint density at radius 2 is 0.943 bits per heavy atom. The van der Waals surface area contributed by atoms with Gasteiger partial charge < -0.3 is 28.4 Å². The van der Waals surface area contributed by atoms with Gasteiger partial charge in [-0.25, -0.2) is 14.4 Å². The van der Waals surface area contributed by atoms with Crippen LogP contribution < -0.4 is 0 Å². The average molecular weight is 497 g/mol. The third-order valence-corrected chi connectivity index (χ3v) is 4.36. The van der Waals surface area contributed by atoms with E-state index in [2.05, 4.69) is 26.3 Å². The molecule has 10 nitrogen and oxygen atoms in total. The minimum absolute atomic E-state index is 0.00560. The Bertz CT molecular complexity index is 594. The number of esters is 3. The molecule has 0 aliphatic carbocycles. The third kappa shape index (κ3) is 19.0. The van der Waals surface area contributed by atoms with E-state index in [-0.39, 0.29) is 57.1 Å². The molecule has 1 atom stereocenters. The van der Waals surface area contributed by atoms with Gasteiger partial charge in [-0.15, -0.1) is 0 Å². The van der Waals surface area contributed by atoms with E-state index < -0.39 is 17.9 Å². The molecular formula is C25H36O10. The number of carbonyl (C=O) groups is 4. The summed E-state index contributed by atoms with van der Waals surface area (Å²) in [5, 5.41) is 0. The van der Waals surface area contributed by atoms with Crippen molar-refractivity contribution in [3.8, 4) is 0 Å². The zero-order valence-corrected chi connectivity index (χ0v) is 20.2. The quantitative estimate of drug-likeness (QED) is 0.0898. The van der Waals surface area contributed by atoms with Crippen LogP contribution in [0.1, 0.15) is 12.8 Å². The van der Waals surface area contributed by atoms with E-state index in [1.807, 2.05) is 0 Å². The highest BCUT2D eigenvalue weighted by Gasteiger charge is 2.15. The smallest absolute Gasteiger partial charge is 0.330 e. The second kappa shape index (κ2) is 21.5. The largest absolute Gasteiger partial charge is 0.462 e. The Morgan fingerprint density at radius 3 is 1.37 bits per heavy atom. The molecule has 35 heavy (non-hydrogen) atoms. The zero-order valence-electron chi connectivity index (χ0n) is 20.2. The van der Waals surface area contributed by atoms with Gasteiger partial charge >= 0.3 is 17.9 Å². The molecular weight excluding hydrogens is 460 g/mol. The lowest BCUT2D eigenvalue weighted by Gasteiger charge is -2.17. The maximum atomic E-state index is 11.4. The molecule has 0 amide bonds. The Hall–Kier alpha value is -3.08. The van der Waals surface area contributed by atoms with E-state index in [0.29, 0.717) is 32.8 Å². The molecule has 0 spiro atoms. The van der Waals surface area contributed by atoms with Crippen molar-refractivity contribution in [1.29, 1.82) is 0 Å². The molecule has 0 saturated heterocycles. The number of allylic oxidation sites excluding steroid dienone is 1. The molecule has 196 valence electrons. The summed E-state index contributed by atoms with van der Waals surface area (Å²) in [6.45, 7) is 15.2. The van der Waals surface area contributed by atoms with Crippen LogP contribution in [-0.2, 0) is 47.6 Å². The summed E-state index contributed by atoms with van der Waals surface area (Å²) in [6, 6.07) is 0. The highest BCUT2D eigenvalue weighted by atomic mass is 16.6. The van der Waals surface area contributed by atoms with Crippen LogP contribution in [0.4, 0.5) is 0 Å². The van der Waals surface area contributed by atoms with Crippen LogP contribution >= 0.6 is 0 Å². The van der Waals surface area contributed by atoms with E-state index in [0.717, 1.165) is 18.2 Å². The van der Waals surface area contributed by atoms with Crippen molar-refractivity contribution in [2.45, 2.75) is 12.8 Å². The molecule has 0 radical (unpaired) electrons. The van der Waals surface area contributed by atoms with Crippen LogP contribution in [0.15, 0.2) is 50.6 Å². The first kappa shape index (κ1) is 31.9. The summed E-state index contributed by atoms with van der Waals surface area (Å²) in [5.74, 6) is -2.29. The summed E-state index contributed by atoms with van der Waals surface area (Å²) >= 11 is 0. The van der Waals surface area contributed by atoms with Crippen LogP contribution in [0.2, 0.25) is 0 Å². The van der Waals surface area contributed by atoms with Gasteiger partial charge in [0.2, 0.25) is 0 Å². The van der Waals surface area contributed by atoms with Crippen molar-refractivity contribution >= 4 is 23.7 Å². The summed E-state index contributed by atoms with van der Waals surface area (Å²) < 4.78 is 31.5. The van der Waals surface area contributed by atoms with Crippen LogP contribution in [0.25, 0.3) is 0 Å². The van der Waals surface area contributed by atoms with Crippen LogP contribution in [0.5, 0.6) is 0 Å². The number of carbonyl (C=O) groups excluding carboxylic acids is 4. The Labute approximate surface area is 206 Å². The Morgan fingerprint density at radius 1 is 0.543 bits per heavy atom. The molecule has 0 aliphatic rings. The Balaban J connectivity index is 4.12. The first-order valence-corrected chi connectivity index (χ1v) is 11.1. The van der Waals surface area contributed by atoms with Gasteiger partial charge in [0, 0.05) is 30.6 Å². The molecule has 0 rings (SSSR count). The van der Waals surface area contributed by atoms with Gasteiger partial charge in [-0.1, -0.05) is 26.3 Å². The molecule has 0 N–H and O–H groups in total. The van der Waals surface area contributed by atoms with Gasteiger partial charge in [-0.2, -0.15) is 0 Å². The van der Waals surface area contributed by atoms with Crippen molar-refractivity contribution in [1.82, 2.24) is 0 Å². The molecule has 10 heteroatoms. The molecule has 0 aromatic rings. The average Bonchev–Trinajstić information content (AvgIpc) is 2.88. The minimum Gasteiger partial charge on any atom is -0.462 e. The zero-order chi connectivity index (χ0) is 26.3. The van der Waals surface area contributed by atoms with E-state index in [1.165, 1.54) is 6.08 Å². The molecule has 0 aromatic heterocycles. The van der Waals surface area contributed by atoms with Crippen LogP contribution in [-0.4, -0.2) is 83.2 Å². The molecule has 0 fully saturated rings. The Kier molecular flexibility index (Phi) is 19.6. The number of rotatable bonds is 23. The van der Waals surface area contributed by atoms with E-state index in [9.17, 15) is 19.2 Å². The highest BCUT2D eigenvalue weighted by molar-refractivity contribution is 5.89. The van der Waals surface area contributed by atoms with E-state index >= 15 is 0 Å². The number of hydrogen-bond acceptors (Lipinski definition) is 10. The van der Waals surface area contributed by atoms with Gasteiger partial charge in [0.25, 0.3) is 0 Å². The molecule has 0 saturated carbocycles. The van der Waals surface area contributed by atoms with Crippen molar-refractivity contribution in [3.63, 3.8) is 0 Å². The second-order valence-electron chi connectivity index (χ2n) is 7.21. The standard InChI is InChI=1S/C25H36O10/c1-5-22(26)10-9-20(17-33-23(27)6-2)15-31-13-11-30-12-14-32-16-21(18-34-24(28)7-3)19-35-25(29)8-4/h5-8,20-21H,1-4,9-19H2. The molecule has 1 unspecified atom stereocenters. The minimum atomic E-state index is -0.582. The molecule has 0 bridgehead atoms. The van der Waals surface area contributed by atoms with Gasteiger partial charge in [0.05, 0.1) is 65.4 Å². The van der Waals surface area contributed by atoms with Crippen LogP contribution in [0, 0.1) is 11.8 Å². The lowest BCUT2D eigenvalue weighted by atomic mass is 10.0. The van der Waals surface area contributed by atoms with Crippen molar-refractivity contribution in [2.75, 3.05) is 59.5 Å². The fourth-order valence-electron chi connectivity index (χ4n) is 2.42. The molecule has 0 heterocycles. The number of hydrogen-bond donors (Lipinski definition) is 0. The first-order chi connectivity index (χ1) is 16.9. The monoisotopic (exact) mass is 496 g/mol. The summed E-state index contributed by atoms with van der Waals surface area (Å²) in [5.41, 5.74) is 0. The van der Waals surface area contributed by atoms with E-state index in [4.69, 9.17) is 28.4 Å². The van der Waals surface area contributed by atoms with Crippen molar-refractivity contribution in [3.05, 3.63) is 50.6 Å². The summed E-state index contributed by atoms with van der Waals surface area (Å²) in [6.07, 6.45) is 5.20. The first-order valence-electron chi connectivity index (χ1n) is 11.1. The summed E-state index contributed by atoms with van der Waals surface area (Å²) in [4.78, 5) is 45.2. The third-order valence-electron chi connectivity index (χ3n) is 4.36. The van der Waals surface area contributed by atoms with E-state index in [1.54, 1.807) is 0 Å². The maximum absolute atomic E-state index is 11.4. The van der Waals surface area contributed by atoms with Gasteiger partial charge in [0.15, 0.2) is 5.78 Å². The molecule has 0 aromatic carbocycles. The van der Waals surface area contributed by atoms with Gasteiger partial charge in [0.1, 0.15) is 0 Å². The number of ether oxygens (including phenoxy) is 6. The second-order valence-corrected chi connectivity index (χ2v) is 7.21. The predicted molar refractivity (Wildman–Crippen MR) is 127 cm³/mol. The van der Waals surface area contributed by atoms with Gasteiger partial charge in [-0.05, 0) is 12.5 Å². The topological polar surface area (TPSA) is 124 Å². The summed E-state index contributed by atoms with van der Waals surface area (Å²) in [7, 11) is 0. The lowest BCUT2D eigenvalue weighted by molar-refractivity contribution is -0.144. The SMILES string of the molecule is C=CC(=O)CCC(COCCOCCOCC(COC(=O)C=C)COC(=O)C=C)COC(=O)C=C. The fourth-order valence-corrected chi connectivity index (χ4v) is 2.42. The predicted octanol–water partition coefficient (Wildman–Crippen LogP) is 1.99. The van der Waals surface area contributed by atoms with Crippen molar-refractivity contribution in [2.24, 2.45) is 11.8 Å². The number of ketones is 1. The molecule has 0 aliphatic heterocycles. The van der Waals surface area contributed by atoms with Crippen LogP contribution in [0.3, 0.4) is 0 Å².